The molecule has 3 heteroatoms. The van der Waals surface area contributed by atoms with Crippen LogP contribution in [0.2, 0.25) is 0 Å². The second-order valence-corrected chi connectivity index (χ2v) is 3.52. The van der Waals surface area contributed by atoms with Crippen LogP contribution in [0.25, 0.3) is 0 Å². The molecular formula is C9H21NO2. The molecule has 0 aliphatic heterocycles. The maximum absolute atomic E-state index is 5.49. The minimum absolute atomic E-state index is 0.120. The summed E-state index contributed by atoms with van der Waals surface area (Å²) >= 11 is 0. The summed E-state index contributed by atoms with van der Waals surface area (Å²) < 4.78 is 10.5. The minimum atomic E-state index is 0.120. The summed E-state index contributed by atoms with van der Waals surface area (Å²) in [5.74, 6) is 0.596. The van der Waals surface area contributed by atoms with E-state index >= 15 is 0 Å². The molecule has 1 atom stereocenters. The van der Waals surface area contributed by atoms with Crippen molar-refractivity contribution in [1.82, 2.24) is 0 Å². The average Bonchev–Trinajstić information content (AvgIpc) is 1.95. The largest absolute Gasteiger partial charge is 0.379 e. The molecule has 0 rings (SSSR count). The van der Waals surface area contributed by atoms with Gasteiger partial charge in [0.25, 0.3) is 0 Å². The fraction of sp³-hybridized carbons (Fsp3) is 1.00. The summed E-state index contributed by atoms with van der Waals surface area (Å²) in [6, 6.07) is 0.120. The maximum Gasteiger partial charge on any atom is 0.0701 e. The Kier molecular flexibility index (Phi) is 7.45. The summed E-state index contributed by atoms with van der Waals surface area (Å²) in [6.45, 7) is 8.92. The zero-order valence-electron chi connectivity index (χ0n) is 8.38. The van der Waals surface area contributed by atoms with Gasteiger partial charge in [-0.2, -0.15) is 0 Å². The summed E-state index contributed by atoms with van der Waals surface area (Å²) in [6.07, 6.45) is 0. The molecule has 0 spiro atoms. The van der Waals surface area contributed by atoms with Crippen LogP contribution in [0.15, 0.2) is 0 Å². The molecule has 74 valence electrons. The smallest absolute Gasteiger partial charge is 0.0701 e. The van der Waals surface area contributed by atoms with Crippen LogP contribution in [-0.4, -0.2) is 32.5 Å². The highest BCUT2D eigenvalue weighted by atomic mass is 16.5. The monoisotopic (exact) mass is 175 g/mol. The maximum atomic E-state index is 5.49. The molecule has 0 bridgehead atoms. The second kappa shape index (κ2) is 7.53. The van der Waals surface area contributed by atoms with E-state index < -0.39 is 0 Å². The molecule has 2 N–H and O–H groups in total. The Morgan fingerprint density at radius 3 is 1.92 bits per heavy atom. The lowest BCUT2D eigenvalue weighted by atomic mass is 10.2. The van der Waals surface area contributed by atoms with E-state index in [1.54, 1.807) is 0 Å². The van der Waals surface area contributed by atoms with Gasteiger partial charge in [0.05, 0.1) is 19.8 Å². The van der Waals surface area contributed by atoms with Crippen molar-refractivity contribution in [3.8, 4) is 0 Å². The topological polar surface area (TPSA) is 44.5 Å². The molecule has 0 heterocycles. The summed E-state index contributed by atoms with van der Waals surface area (Å²) in [5, 5.41) is 0. The molecule has 0 aliphatic rings. The van der Waals surface area contributed by atoms with Gasteiger partial charge in [-0.05, 0) is 12.8 Å². The number of nitrogens with two attached hydrogens (primary N) is 1. The van der Waals surface area contributed by atoms with Gasteiger partial charge in [-0.3, -0.25) is 0 Å². The van der Waals surface area contributed by atoms with E-state index in [4.69, 9.17) is 15.2 Å². The molecule has 0 amide bonds. The fourth-order valence-corrected chi connectivity index (χ4v) is 0.706. The Labute approximate surface area is 75.2 Å². The normalized spacial score (nSPS) is 13.8. The highest BCUT2D eigenvalue weighted by Crippen LogP contribution is 1.91. The third-order valence-electron chi connectivity index (χ3n) is 1.20. The van der Waals surface area contributed by atoms with Crippen LogP contribution in [0.5, 0.6) is 0 Å². The first-order chi connectivity index (χ1) is 5.63. The SMILES string of the molecule is CC(C)COCCOC[C@@H](C)N. The van der Waals surface area contributed by atoms with Gasteiger partial charge in [0, 0.05) is 12.6 Å². The highest BCUT2D eigenvalue weighted by molar-refractivity contribution is 4.48. The first-order valence-electron chi connectivity index (χ1n) is 4.54. The van der Waals surface area contributed by atoms with E-state index in [0.29, 0.717) is 25.7 Å². The van der Waals surface area contributed by atoms with Crippen molar-refractivity contribution >= 4 is 0 Å². The first kappa shape index (κ1) is 11.9. The number of ether oxygens (including phenoxy) is 2. The van der Waals surface area contributed by atoms with Crippen LogP contribution in [0.3, 0.4) is 0 Å². The van der Waals surface area contributed by atoms with Crippen LogP contribution in [0.4, 0.5) is 0 Å². The van der Waals surface area contributed by atoms with E-state index in [0.717, 1.165) is 6.61 Å². The van der Waals surface area contributed by atoms with E-state index in [1.165, 1.54) is 0 Å². The number of hydrogen-bond acceptors (Lipinski definition) is 3. The quantitative estimate of drug-likeness (QED) is 0.588. The first-order valence-corrected chi connectivity index (χ1v) is 4.54. The molecule has 0 aromatic rings. The molecule has 3 nitrogen and oxygen atoms in total. The number of hydrogen-bond donors (Lipinski definition) is 1. The molecule has 0 fully saturated rings. The lowest BCUT2D eigenvalue weighted by molar-refractivity contribution is 0.0347. The zero-order chi connectivity index (χ0) is 9.40. The molecule has 0 aliphatic carbocycles. The van der Waals surface area contributed by atoms with Crippen molar-refractivity contribution in [2.24, 2.45) is 11.7 Å². The molecule has 0 saturated heterocycles. The molecule has 12 heavy (non-hydrogen) atoms. The van der Waals surface area contributed by atoms with Crippen LogP contribution in [0.1, 0.15) is 20.8 Å². The molecule has 0 aromatic heterocycles. The standard InChI is InChI=1S/C9H21NO2/c1-8(2)6-11-4-5-12-7-9(3)10/h8-9H,4-7,10H2,1-3H3/t9-/m1/s1. The van der Waals surface area contributed by atoms with Gasteiger partial charge in [0.1, 0.15) is 0 Å². The van der Waals surface area contributed by atoms with E-state index in [-0.39, 0.29) is 6.04 Å². The molecule has 0 unspecified atom stereocenters. The highest BCUT2D eigenvalue weighted by Gasteiger charge is 1.95. The average molecular weight is 175 g/mol. The van der Waals surface area contributed by atoms with Crippen molar-refractivity contribution in [2.75, 3.05) is 26.4 Å². The Balaban J connectivity index is 2.91. The Morgan fingerprint density at radius 2 is 1.50 bits per heavy atom. The summed E-state index contributed by atoms with van der Waals surface area (Å²) in [5.41, 5.74) is 5.49. The fourth-order valence-electron chi connectivity index (χ4n) is 0.706. The third-order valence-corrected chi connectivity index (χ3v) is 1.20. The Morgan fingerprint density at radius 1 is 1.00 bits per heavy atom. The Bertz CT molecular complexity index is 82.5. The van der Waals surface area contributed by atoms with Crippen LogP contribution in [0, 0.1) is 5.92 Å². The van der Waals surface area contributed by atoms with Gasteiger partial charge >= 0.3 is 0 Å². The van der Waals surface area contributed by atoms with Crippen LogP contribution < -0.4 is 5.73 Å². The molecular weight excluding hydrogens is 154 g/mol. The zero-order valence-corrected chi connectivity index (χ0v) is 8.38. The predicted molar refractivity (Wildman–Crippen MR) is 50.1 cm³/mol. The summed E-state index contributed by atoms with van der Waals surface area (Å²) in [7, 11) is 0. The van der Waals surface area contributed by atoms with Crippen molar-refractivity contribution in [1.29, 1.82) is 0 Å². The lowest BCUT2D eigenvalue weighted by Gasteiger charge is -2.08. The minimum Gasteiger partial charge on any atom is -0.379 e. The van der Waals surface area contributed by atoms with E-state index in [2.05, 4.69) is 13.8 Å². The lowest BCUT2D eigenvalue weighted by Crippen LogP contribution is -2.23. The molecule has 0 radical (unpaired) electrons. The van der Waals surface area contributed by atoms with E-state index in [1.807, 2.05) is 6.92 Å². The van der Waals surface area contributed by atoms with Gasteiger partial charge in [0.2, 0.25) is 0 Å². The molecule has 0 saturated carbocycles. The van der Waals surface area contributed by atoms with Gasteiger partial charge in [0.15, 0.2) is 0 Å². The summed E-state index contributed by atoms with van der Waals surface area (Å²) in [4.78, 5) is 0. The van der Waals surface area contributed by atoms with Crippen LogP contribution in [-0.2, 0) is 9.47 Å². The Hall–Kier alpha value is -0.120. The number of rotatable bonds is 7. The van der Waals surface area contributed by atoms with Crippen molar-refractivity contribution in [3.05, 3.63) is 0 Å². The van der Waals surface area contributed by atoms with Gasteiger partial charge in [-0.15, -0.1) is 0 Å². The van der Waals surface area contributed by atoms with Gasteiger partial charge in [-0.25, -0.2) is 0 Å². The molecule has 0 aromatic carbocycles. The van der Waals surface area contributed by atoms with Gasteiger partial charge in [-0.1, -0.05) is 13.8 Å². The van der Waals surface area contributed by atoms with Crippen LogP contribution >= 0.6 is 0 Å². The van der Waals surface area contributed by atoms with Gasteiger partial charge < -0.3 is 15.2 Å². The second-order valence-electron chi connectivity index (χ2n) is 3.52. The third kappa shape index (κ3) is 9.88. The van der Waals surface area contributed by atoms with Crippen molar-refractivity contribution in [2.45, 2.75) is 26.8 Å². The van der Waals surface area contributed by atoms with Crippen molar-refractivity contribution < 1.29 is 9.47 Å². The van der Waals surface area contributed by atoms with Crippen molar-refractivity contribution in [3.63, 3.8) is 0 Å². The van der Waals surface area contributed by atoms with E-state index in [9.17, 15) is 0 Å². The predicted octanol–water partition coefficient (Wildman–Crippen LogP) is 1.02.